The summed E-state index contributed by atoms with van der Waals surface area (Å²) in [5.74, 6) is -1.25. The van der Waals surface area contributed by atoms with Gasteiger partial charge >= 0.3 is 6.18 Å². The van der Waals surface area contributed by atoms with Gasteiger partial charge in [-0.25, -0.2) is 4.39 Å². The van der Waals surface area contributed by atoms with Gasteiger partial charge in [0.25, 0.3) is 0 Å². The van der Waals surface area contributed by atoms with Gasteiger partial charge in [-0.05, 0) is 31.0 Å². The van der Waals surface area contributed by atoms with E-state index in [0.29, 0.717) is 12.0 Å². The van der Waals surface area contributed by atoms with Crippen molar-refractivity contribution in [2.75, 3.05) is 0 Å². The molecule has 0 bridgehead atoms. The summed E-state index contributed by atoms with van der Waals surface area (Å²) >= 11 is 0. The van der Waals surface area contributed by atoms with Crippen LogP contribution in [0.3, 0.4) is 0 Å². The molecule has 0 aliphatic heterocycles. The van der Waals surface area contributed by atoms with E-state index in [-0.39, 0.29) is 6.04 Å². The first-order chi connectivity index (χ1) is 6.80. The largest absolute Gasteiger partial charge is 0.419 e. The van der Waals surface area contributed by atoms with Crippen LogP contribution >= 0.6 is 0 Å². The molecule has 1 aromatic rings. The highest BCUT2D eigenvalue weighted by molar-refractivity contribution is 5.27. The Morgan fingerprint density at radius 1 is 1.33 bits per heavy atom. The molecule has 1 rings (SSSR count). The molecule has 5 heteroatoms. The first-order valence-corrected chi connectivity index (χ1v) is 4.42. The zero-order chi connectivity index (χ0) is 11.6. The van der Waals surface area contributed by atoms with Gasteiger partial charge in [0, 0.05) is 6.04 Å². The Morgan fingerprint density at radius 2 is 1.93 bits per heavy atom. The molecule has 84 valence electrons. The predicted octanol–water partition coefficient (Wildman–Crippen LogP) is 2.73. The third-order valence-corrected chi connectivity index (χ3v) is 1.90. The average molecular weight is 221 g/mol. The molecule has 0 heterocycles. The van der Waals surface area contributed by atoms with Crippen molar-refractivity contribution in [3.63, 3.8) is 0 Å². The van der Waals surface area contributed by atoms with Gasteiger partial charge in [-0.1, -0.05) is 6.07 Å². The van der Waals surface area contributed by atoms with Gasteiger partial charge in [0.2, 0.25) is 0 Å². The predicted molar refractivity (Wildman–Crippen MR) is 48.8 cm³/mol. The van der Waals surface area contributed by atoms with Crippen LogP contribution in [-0.4, -0.2) is 6.04 Å². The zero-order valence-corrected chi connectivity index (χ0v) is 8.11. The summed E-state index contributed by atoms with van der Waals surface area (Å²) in [6, 6.07) is 2.66. The van der Waals surface area contributed by atoms with E-state index in [1.165, 1.54) is 6.07 Å². The molecule has 0 spiro atoms. The molecule has 0 aromatic heterocycles. The lowest BCUT2D eigenvalue weighted by Gasteiger charge is -2.10. The quantitative estimate of drug-likeness (QED) is 0.763. The van der Waals surface area contributed by atoms with E-state index in [9.17, 15) is 17.6 Å². The van der Waals surface area contributed by atoms with Gasteiger partial charge in [0.1, 0.15) is 5.82 Å². The molecular weight excluding hydrogens is 210 g/mol. The van der Waals surface area contributed by atoms with E-state index in [1.807, 2.05) is 0 Å². The highest BCUT2D eigenvalue weighted by Gasteiger charge is 2.33. The third-order valence-electron chi connectivity index (χ3n) is 1.90. The minimum atomic E-state index is -4.64. The van der Waals surface area contributed by atoms with Crippen LogP contribution in [0.15, 0.2) is 18.2 Å². The molecule has 0 radical (unpaired) electrons. The monoisotopic (exact) mass is 221 g/mol. The second-order valence-electron chi connectivity index (χ2n) is 3.49. The van der Waals surface area contributed by atoms with Crippen LogP contribution in [0, 0.1) is 5.82 Å². The van der Waals surface area contributed by atoms with Crippen molar-refractivity contribution in [1.29, 1.82) is 0 Å². The minimum Gasteiger partial charge on any atom is -0.328 e. The number of hydrogen-bond acceptors (Lipinski definition) is 1. The van der Waals surface area contributed by atoms with Crippen LogP contribution in [0.25, 0.3) is 0 Å². The Labute approximate surface area is 84.9 Å². The molecule has 0 fully saturated rings. The molecule has 1 aromatic carbocycles. The molecular formula is C10H11F4N. The fourth-order valence-corrected chi connectivity index (χ4v) is 1.29. The molecule has 15 heavy (non-hydrogen) atoms. The summed E-state index contributed by atoms with van der Waals surface area (Å²) in [5, 5.41) is 0. The third kappa shape index (κ3) is 3.20. The van der Waals surface area contributed by atoms with E-state index in [1.54, 1.807) is 6.92 Å². The lowest BCUT2D eigenvalue weighted by molar-refractivity contribution is -0.140. The Balaban J connectivity index is 2.99. The maximum Gasteiger partial charge on any atom is 0.419 e. The summed E-state index contributed by atoms with van der Waals surface area (Å²) in [6.45, 7) is 1.70. The average Bonchev–Trinajstić information content (AvgIpc) is 1.99. The summed E-state index contributed by atoms with van der Waals surface area (Å²) in [5.41, 5.74) is 4.68. The van der Waals surface area contributed by atoms with E-state index >= 15 is 0 Å². The van der Waals surface area contributed by atoms with E-state index in [2.05, 4.69) is 0 Å². The topological polar surface area (TPSA) is 26.0 Å². The van der Waals surface area contributed by atoms with Crippen molar-refractivity contribution in [1.82, 2.24) is 0 Å². The van der Waals surface area contributed by atoms with Crippen molar-refractivity contribution >= 4 is 0 Å². The highest BCUT2D eigenvalue weighted by Crippen LogP contribution is 2.31. The Hall–Kier alpha value is -1.10. The Bertz CT molecular complexity index is 344. The standard InChI is InChI=1S/C10H11F4N/c1-6(15)4-7-2-3-8(9(11)5-7)10(12,13)14/h2-3,5-6H,4,15H2,1H3/t6-/m0/s1. The van der Waals surface area contributed by atoms with Gasteiger partial charge in [-0.15, -0.1) is 0 Å². The van der Waals surface area contributed by atoms with Gasteiger partial charge in [0.15, 0.2) is 0 Å². The van der Waals surface area contributed by atoms with Crippen molar-refractivity contribution in [3.8, 4) is 0 Å². The number of halogens is 4. The summed E-state index contributed by atoms with van der Waals surface area (Å²) in [7, 11) is 0. The Morgan fingerprint density at radius 3 is 2.33 bits per heavy atom. The van der Waals surface area contributed by atoms with Crippen LogP contribution in [0.2, 0.25) is 0 Å². The first kappa shape index (κ1) is 12.0. The lowest BCUT2D eigenvalue weighted by Crippen LogP contribution is -2.18. The Kier molecular flexibility index (Phi) is 3.34. The van der Waals surface area contributed by atoms with Gasteiger partial charge in [-0.2, -0.15) is 13.2 Å². The molecule has 0 unspecified atom stereocenters. The molecule has 0 aliphatic carbocycles. The maximum atomic E-state index is 13.0. The van der Waals surface area contributed by atoms with Crippen LogP contribution in [0.5, 0.6) is 0 Å². The van der Waals surface area contributed by atoms with Crippen molar-refractivity contribution in [2.45, 2.75) is 25.6 Å². The second kappa shape index (κ2) is 4.18. The van der Waals surface area contributed by atoms with Crippen molar-refractivity contribution in [2.24, 2.45) is 5.73 Å². The fraction of sp³-hybridized carbons (Fsp3) is 0.400. The molecule has 1 atom stereocenters. The molecule has 1 nitrogen and oxygen atoms in total. The van der Waals surface area contributed by atoms with Crippen LogP contribution in [0.1, 0.15) is 18.1 Å². The number of nitrogens with two attached hydrogens (primary N) is 1. The van der Waals surface area contributed by atoms with Crippen LogP contribution in [-0.2, 0) is 12.6 Å². The van der Waals surface area contributed by atoms with Gasteiger partial charge < -0.3 is 5.73 Å². The summed E-state index contributed by atoms with van der Waals surface area (Å²) < 4.78 is 49.6. The lowest BCUT2D eigenvalue weighted by atomic mass is 10.0. The number of alkyl halides is 3. The molecule has 0 saturated heterocycles. The maximum absolute atomic E-state index is 13.0. The summed E-state index contributed by atoms with van der Waals surface area (Å²) in [4.78, 5) is 0. The number of hydrogen-bond donors (Lipinski definition) is 1. The summed E-state index contributed by atoms with van der Waals surface area (Å²) in [6.07, 6.45) is -4.29. The van der Waals surface area contributed by atoms with E-state index in [0.717, 1.165) is 12.1 Å². The molecule has 0 amide bonds. The number of rotatable bonds is 2. The van der Waals surface area contributed by atoms with Crippen LogP contribution < -0.4 is 5.73 Å². The molecule has 0 saturated carbocycles. The number of benzene rings is 1. The van der Waals surface area contributed by atoms with Crippen molar-refractivity contribution < 1.29 is 17.6 Å². The first-order valence-electron chi connectivity index (χ1n) is 4.42. The van der Waals surface area contributed by atoms with Crippen LogP contribution in [0.4, 0.5) is 17.6 Å². The smallest absolute Gasteiger partial charge is 0.328 e. The normalized spacial score (nSPS) is 14.0. The van der Waals surface area contributed by atoms with Gasteiger partial charge in [-0.3, -0.25) is 0 Å². The van der Waals surface area contributed by atoms with E-state index < -0.39 is 17.6 Å². The SMILES string of the molecule is C[C@H](N)Cc1ccc(C(F)(F)F)c(F)c1. The molecule has 0 aliphatic rings. The second-order valence-corrected chi connectivity index (χ2v) is 3.49. The molecule has 2 N–H and O–H groups in total. The van der Waals surface area contributed by atoms with Gasteiger partial charge in [0.05, 0.1) is 5.56 Å². The van der Waals surface area contributed by atoms with E-state index in [4.69, 9.17) is 5.73 Å². The van der Waals surface area contributed by atoms with Crippen molar-refractivity contribution in [3.05, 3.63) is 35.1 Å². The minimum absolute atomic E-state index is 0.207. The zero-order valence-electron chi connectivity index (χ0n) is 8.11. The fourth-order valence-electron chi connectivity index (χ4n) is 1.29. The highest BCUT2D eigenvalue weighted by atomic mass is 19.4.